The number of rotatable bonds is 10. The molecular weight excluding hydrogens is 568 g/mol. The third-order valence-electron chi connectivity index (χ3n) is 5.22. The molecule has 0 aromatic carbocycles. The van der Waals surface area contributed by atoms with Crippen molar-refractivity contribution in [1.29, 1.82) is 0 Å². The van der Waals surface area contributed by atoms with Gasteiger partial charge in [0, 0.05) is 23.6 Å². The van der Waals surface area contributed by atoms with Crippen molar-refractivity contribution in [1.82, 2.24) is 20.5 Å². The number of aromatic nitrogens is 1. The zero-order valence-corrected chi connectivity index (χ0v) is 24.0. The molecule has 1 unspecified atom stereocenters. The second-order valence-electron chi connectivity index (χ2n) is 9.71. The van der Waals surface area contributed by atoms with E-state index in [2.05, 4.69) is 20.8 Å². The lowest BCUT2D eigenvalue weighted by Gasteiger charge is -2.49. The molecule has 0 bridgehead atoms. The quantitative estimate of drug-likeness (QED) is 0.127. The van der Waals surface area contributed by atoms with Gasteiger partial charge in [0.2, 0.25) is 0 Å². The number of carbonyl (C=O) groups is 5. The molecule has 1 saturated heterocycles. The number of esters is 1. The maximum Gasteiger partial charge on any atom is 0.407 e. The number of thiazole rings is 1. The van der Waals surface area contributed by atoms with Crippen molar-refractivity contribution in [2.45, 2.75) is 57.7 Å². The van der Waals surface area contributed by atoms with E-state index in [0.717, 1.165) is 16.2 Å². The predicted octanol–water partition coefficient (Wildman–Crippen LogP) is 0.661. The Labute approximate surface area is 237 Å². The number of oxime groups is 1. The SMILES string of the molecule is CC(=O)OCC1=C(C(=O)O)N2C(=O)[C@@H](NC(=O)C(=NOC(C)CNC(=O)OC(C)(C)C)c3csc(N)n3)[C@H]2SC1. The summed E-state index contributed by atoms with van der Waals surface area (Å²) in [6.45, 7) is 7.71. The van der Waals surface area contributed by atoms with E-state index in [9.17, 15) is 29.1 Å². The Morgan fingerprint density at radius 1 is 1.32 bits per heavy atom. The summed E-state index contributed by atoms with van der Waals surface area (Å²) in [5.74, 6) is -3.23. The van der Waals surface area contributed by atoms with Crippen LogP contribution in [0.3, 0.4) is 0 Å². The predicted molar refractivity (Wildman–Crippen MR) is 144 cm³/mol. The third kappa shape index (κ3) is 7.62. The van der Waals surface area contributed by atoms with Gasteiger partial charge in [0.05, 0.1) is 6.54 Å². The number of amides is 3. The topological polar surface area (TPSA) is 212 Å². The van der Waals surface area contributed by atoms with Crippen molar-refractivity contribution >= 4 is 63.8 Å². The monoisotopic (exact) mass is 598 g/mol. The molecule has 3 rings (SSSR count). The second-order valence-corrected chi connectivity index (χ2v) is 11.7. The molecule has 1 fully saturated rings. The first kappa shape index (κ1) is 30.7. The van der Waals surface area contributed by atoms with Crippen LogP contribution in [0.5, 0.6) is 0 Å². The summed E-state index contributed by atoms with van der Waals surface area (Å²) in [5.41, 5.74) is 4.85. The number of aliphatic carboxylic acids is 1. The van der Waals surface area contributed by atoms with Gasteiger partial charge in [-0.15, -0.1) is 23.1 Å². The number of carboxylic acids is 1. The van der Waals surface area contributed by atoms with Crippen molar-refractivity contribution in [2.75, 3.05) is 24.6 Å². The van der Waals surface area contributed by atoms with Gasteiger partial charge in [-0.3, -0.25) is 19.3 Å². The lowest BCUT2D eigenvalue weighted by molar-refractivity contribution is -0.150. The maximum atomic E-state index is 13.2. The van der Waals surface area contributed by atoms with Gasteiger partial charge in [-0.05, 0) is 27.7 Å². The number of nitrogens with one attached hydrogen (secondary N) is 2. The molecule has 0 aliphatic carbocycles. The van der Waals surface area contributed by atoms with Crippen LogP contribution < -0.4 is 16.4 Å². The fourth-order valence-corrected chi connectivity index (χ4v) is 5.39. The molecule has 1 aromatic rings. The van der Waals surface area contributed by atoms with Crippen LogP contribution in [0.25, 0.3) is 0 Å². The number of hydrogen-bond acceptors (Lipinski definition) is 13. The van der Waals surface area contributed by atoms with Gasteiger partial charge >= 0.3 is 18.0 Å². The van der Waals surface area contributed by atoms with Gasteiger partial charge < -0.3 is 35.8 Å². The first-order chi connectivity index (χ1) is 18.7. The highest BCUT2D eigenvalue weighted by Gasteiger charge is 2.54. The number of ether oxygens (including phenoxy) is 2. The van der Waals surface area contributed by atoms with Crippen LogP contribution in [-0.4, -0.2) is 92.6 Å². The Balaban J connectivity index is 1.71. The molecule has 0 radical (unpaired) electrons. The highest BCUT2D eigenvalue weighted by molar-refractivity contribution is 8.00. The van der Waals surface area contributed by atoms with E-state index in [-0.39, 0.29) is 46.7 Å². The van der Waals surface area contributed by atoms with E-state index < -0.39 is 53.0 Å². The minimum absolute atomic E-state index is 0.0152. The molecule has 2 aliphatic rings. The third-order valence-corrected chi connectivity index (χ3v) is 7.24. The van der Waals surface area contributed by atoms with Crippen LogP contribution in [-0.2, 0) is 33.5 Å². The minimum atomic E-state index is -1.35. The first-order valence-electron chi connectivity index (χ1n) is 11.9. The molecule has 0 saturated carbocycles. The molecule has 3 heterocycles. The summed E-state index contributed by atoms with van der Waals surface area (Å²) < 4.78 is 10.1. The summed E-state index contributed by atoms with van der Waals surface area (Å²) >= 11 is 2.27. The van der Waals surface area contributed by atoms with Gasteiger partial charge in [0.15, 0.2) is 10.8 Å². The lowest BCUT2D eigenvalue weighted by atomic mass is 10.0. The number of carboxylic acid groups (broad SMARTS) is 1. The average Bonchev–Trinajstić information content (AvgIpc) is 3.28. The average molecular weight is 599 g/mol. The standard InChI is InChI=1S/C23H30N6O9S2/c1-10(6-25-22(35)37-23(3,4)5)38-28-14(13-9-40-21(24)26-13)17(31)27-15-18(32)29-16(20(33)34)12(7-36-11(2)30)8-39-19(15)29/h9-10,15,19H,6-8H2,1-5H3,(H2,24,26)(H,25,35)(H,27,31)(H,33,34)/t10?,15-,19-/m1/s1. The Morgan fingerprint density at radius 2 is 2.02 bits per heavy atom. The zero-order chi connectivity index (χ0) is 29.8. The van der Waals surface area contributed by atoms with Crippen molar-refractivity contribution in [3.8, 4) is 0 Å². The number of thioether (sulfide) groups is 1. The van der Waals surface area contributed by atoms with Gasteiger partial charge in [0.25, 0.3) is 11.8 Å². The summed E-state index contributed by atoms with van der Waals surface area (Å²) in [7, 11) is 0. The molecule has 2 aliphatic heterocycles. The first-order valence-corrected chi connectivity index (χ1v) is 13.9. The summed E-state index contributed by atoms with van der Waals surface area (Å²) in [4.78, 5) is 71.6. The molecule has 218 valence electrons. The smallest absolute Gasteiger partial charge is 0.407 e. The molecule has 40 heavy (non-hydrogen) atoms. The Bertz CT molecular complexity index is 1260. The molecule has 5 N–H and O–H groups in total. The van der Waals surface area contributed by atoms with E-state index >= 15 is 0 Å². The fraction of sp³-hybridized carbons (Fsp3) is 0.522. The minimum Gasteiger partial charge on any atom is -0.477 e. The number of anilines is 1. The number of nitrogens with zero attached hydrogens (tertiary/aromatic N) is 3. The highest BCUT2D eigenvalue weighted by atomic mass is 32.2. The summed E-state index contributed by atoms with van der Waals surface area (Å²) in [5, 5.41) is 19.7. The van der Waals surface area contributed by atoms with E-state index in [4.69, 9.17) is 20.0 Å². The Morgan fingerprint density at radius 3 is 2.60 bits per heavy atom. The lowest BCUT2D eigenvalue weighted by Crippen LogP contribution is -2.71. The summed E-state index contributed by atoms with van der Waals surface area (Å²) in [6, 6.07) is -1.06. The number of β-lactam (4-membered cyclic amide) rings is 1. The molecular formula is C23H30N6O9S2. The van der Waals surface area contributed by atoms with Gasteiger partial charge in [-0.1, -0.05) is 5.16 Å². The number of fused-ring (bicyclic) bond motifs is 1. The fourth-order valence-electron chi connectivity index (χ4n) is 3.51. The second kappa shape index (κ2) is 12.5. The maximum absolute atomic E-state index is 13.2. The number of hydrogen-bond donors (Lipinski definition) is 4. The van der Waals surface area contributed by atoms with Gasteiger partial charge in [-0.2, -0.15) is 0 Å². The molecule has 17 heteroatoms. The largest absolute Gasteiger partial charge is 0.477 e. The van der Waals surface area contributed by atoms with Crippen molar-refractivity contribution in [2.24, 2.45) is 5.16 Å². The van der Waals surface area contributed by atoms with Crippen LogP contribution in [0.1, 0.15) is 40.3 Å². The van der Waals surface area contributed by atoms with Crippen LogP contribution >= 0.6 is 23.1 Å². The van der Waals surface area contributed by atoms with E-state index in [1.54, 1.807) is 27.7 Å². The number of nitrogens with two attached hydrogens (primary N) is 1. The molecule has 15 nitrogen and oxygen atoms in total. The van der Waals surface area contributed by atoms with Crippen molar-refractivity contribution in [3.63, 3.8) is 0 Å². The number of nitrogen functional groups attached to an aromatic ring is 1. The van der Waals surface area contributed by atoms with Crippen LogP contribution in [0.15, 0.2) is 21.8 Å². The Kier molecular flexibility index (Phi) is 9.62. The van der Waals surface area contributed by atoms with Crippen LogP contribution in [0.4, 0.5) is 9.93 Å². The molecule has 0 spiro atoms. The zero-order valence-electron chi connectivity index (χ0n) is 22.4. The molecule has 3 amide bonds. The number of carbonyl (C=O) groups excluding carboxylic acids is 4. The van der Waals surface area contributed by atoms with Crippen molar-refractivity contribution in [3.05, 3.63) is 22.3 Å². The van der Waals surface area contributed by atoms with Gasteiger partial charge in [-0.25, -0.2) is 14.6 Å². The highest BCUT2D eigenvalue weighted by Crippen LogP contribution is 2.40. The van der Waals surface area contributed by atoms with E-state index in [1.165, 1.54) is 24.1 Å². The van der Waals surface area contributed by atoms with Crippen molar-refractivity contribution < 1.29 is 43.4 Å². The van der Waals surface area contributed by atoms with Gasteiger partial charge in [0.1, 0.15) is 41.1 Å². The van der Waals surface area contributed by atoms with E-state index in [1.807, 2.05) is 0 Å². The molecule has 1 aromatic heterocycles. The molecule has 3 atom stereocenters. The van der Waals surface area contributed by atoms with Crippen LogP contribution in [0.2, 0.25) is 0 Å². The normalized spacial score (nSPS) is 19.7. The number of alkyl carbamates (subject to hydrolysis) is 1. The summed E-state index contributed by atoms with van der Waals surface area (Å²) in [6.07, 6.45) is -1.33. The Hall–Kier alpha value is -3.86. The van der Waals surface area contributed by atoms with Crippen LogP contribution in [0, 0.1) is 0 Å². The van der Waals surface area contributed by atoms with E-state index in [0.29, 0.717) is 0 Å².